The third-order valence-corrected chi connectivity index (χ3v) is 3.16. The van der Waals surface area contributed by atoms with Crippen LogP contribution in [0.25, 0.3) is 0 Å². The van der Waals surface area contributed by atoms with Crippen molar-refractivity contribution < 1.29 is 4.84 Å². The average molecular weight is 240 g/mol. The maximum atomic E-state index is 5.37. The Labute approximate surface area is 99.2 Å². The minimum atomic E-state index is -0.221. The number of nitrogens with zero attached hydrogens (tertiary/aromatic N) is 3. The van der Waals surface area contributed by atoms with Gasteiger partial charge in [-0.25, -0.2) is 9.67 Å². The summed E-state index contributed by atoms with van der Waals surface area (Å²) in [6.07, 6.45) is 3.67. The molecular weight excluding hydrogens is 224 g/mol. The van der Waals surface area contributed by atoms with E-state index in [9.17, 15) is 0 Å². The largest absolute Gasteiger partial charge is 0.265 e. The molecule has 88 valence electrons. The van der Waals surface area contributed by atoms with E-state index in [1.165, 1.54) is 0 Å². The first-order chi connectivity index (χ1) is 7.61. The fraction of sp³-hybridized carbons (Fsp3) is 0.600. The van der Waals surface area contributed by atoms with E-state index in [4.69, 9.17) is 4.84 Å². The van der Waals surface area contributed by atoms with Crippen molar-refractivity contribution in [2.24, 2.45) is 0 Å². The standard InChI is InChI=1S/C10H16N4OS/c1-4-14-8(11-7-12-14)6-16-9-5-10(2,3)15-13-9/h5,7,13H,4,6H2,1-3H3. The van der Waals surface area contributed by atoms with Crippen molar-refractivity contribution in [3.05, 3.63) is 23.3 Å². The Bertz CT molecular complexity index is 399. The molecule has 2 heterocycles. The predicted octanol–water partition coefficient (Wildman–Crippen LogP) is 1.69. The summed E-state index contributed by atoms with van der Waals surface area (Å²) in [5.41, 5.74) is 2.69. The van der Waals surface area contributed by atoms with E-state index in [0.29, 0.717) is 0 Å². The summed E-state index contributed by atoms with van der Waals surface area (Å²) in [5.74, 6) is 1.78. The Balaban J connectivity index is 1.93. The molecule has 16 heavy (non-hydrogen) atoms. The first-order valence-electron chi connectivity index (χ1n) is 5.27. The van der Waals surface area contributed by atoms with Crippen LogP contribution < -0.4 is 5.48 Å². The second kappa shape index (κ2) is 4.47. The summed E-state index contributed by atoms with van der Waals surface area (Å²) < 4.78 is 1.90. The quantitative estimate of drug-likeness (QED) is 0.868. The molecule has 0 unspecified atom stereocenters. The van der Waals surface area contributed by atoms with Gasteiger partial charge in [0.1, 0.15) is 17.8 Å². The molecule has 0 bridgehead atoms. The van der Waals surface area contributed by atoms with Crippen LogP contribution in [0.15, 0.2) is 17.4 Å². The second-order valence-electron chi connectivity index (χ2n) is 4.10. The Morgan fingerprint density at radius 1 is 1.56 bits per heavy atom. The van der Waals surface area contributed by atoms with E-state index in [0.717, 1.165) is 23.2 Å². The van der Waals surface area contributed by atoms with Gasteiger partial charge in [0.2, 0.25) is 0 Å². The number of aromatic nitrogens is 3. The van der Waals surface area contributed by atoms with Crippen molar-refractivity contribution in [1.82, 2.24) is 20.2 Å². The van der Waals surface area contributed by atoms with E-state index >= 15 is 0 Å². The zero-order valence-corrected chi connectivity index (χ0v) is 10.5. The molecule has 0 atom stereocenters. The zero-order chi connectivity index (χ0) is 11.6. The normalized spacial score (nSPS) is 18.3. The molecule has 0 saturated heterocycles. The molecule has 2 rings (SSSR count). The number of hydrogen-bond acceptors (Lipinski definition) is 5. The summed E-state index contributed by atoms with van der Waals surface area (Å²) >= 11 is 1.68. The van der Waals surface area contributed by atoms with Gasteiger partial charge in [0, 0.05) is 6.54 Å². The van der Waals surface area contributed by atoms with Crippen molar-refractivity contribution >= 4 is 11.8 Å². The summed E-state index contributed by atoms with van der Waals surface area (Å²) in [6.45, 7) is 6.94. The van der Waals surface area contributed by atoms with Gasteiger partial charge in [-0.15, -0.1) is 0 Å². The molecule has 0 amide bonds. The Hall–Kier alpha value is -1.01. The molecule has 1 aliphatic rings. The second-order valence-corrected chi connectivity index (χ2v) is 5.11. The lowest BCUT2D eigenvalue weighted by Crippen LogP contribution is -2.20. The highest BCUT2D eigenvalue weighted by molar-refractivity contribution is 8.02. The fourth-order valence-corrected chi connectivity index (χ4v) is 2.41. The molecule has 0 fully saturated rings. The topological polar surface area (TPSA) is 52.0 Å². The molecule has 1 aromatic rings. The van der Waals surface area contributed by atoms with Gasteiger partial charge in [-0.2, -0.15) is 5.10 Å². The smallest absolute Gasteiger partial charge is 0.138 e. The lowest BCUT2D eigenvalue weighted by molar-refractivity contribution is -0.0126. The highest BCUT2D eigenvalue weighted by Crippen LogP contribution is 2.27. The molecule has 0 aromatic carbocycles. The SMILES string of the molecule is CCn1ncnc1CSC1=CC(C)(C)ON1. The van der Waals surface area contributed by atoms with E-state index in [1.54, 1.807) is 18.1 Å². The predicted molar refractivity (Wildman–Crippen MR) is 63.4 cm³/mol. The van der Waals surface area contributed by atoms with Gasteiger partial charge in [0.25, 0.3) is 0 Å². The molecule has 0 saturated carbocycles. The van der Waals surface area contributed by atoms with Gasteiger partial charge >= 0.3 is 0 Å². The molecule has 0 aliphatic carbocycles. The first-order valence-corrected chi connectivity index (χ1v) is 6.25. The molecule has 1 aromatic heterocycles. The van der Waals surface area contributed by atoms with E-state index < -0.39 is 0 Å². The van der Waals surface area contributed by atoms with Crippen molar-refractivity contribution in [3.8, 4) is 0 Å². The number of hydrogen-bond donors (Lipinski definition) is 1. The van der Waals surface area contributed by atoms with Gasteiger partial charge in [0.15, 0.2) is 0 Å². The van der Waals surface area contributed by atoms with E-state index in [-0.39, 0.29) is 5.60 Å². The molecule has 1 N–H and O–H groups in total. The van der Waals surface area contributed by atoms with Crippen LogP contribution in [-0.4, -0.2) is 20.4 Å². The number of nitrogens with one attached hydrogen (secondary N) is 1. The Morgan fingerprint density at radius 2 is 2.38 bits per heavy atom. The summed E-state index contributed by atoms with van der Waals surface area (Å²) in [6, 6.07) is 0. The summed E-state index contributed by atoms with van der Waals surface area (Å²) in [5, 5.41) is 5.17. The van der Waals surface area contributed by atoms with E-state index in [1.807, 2.05) is 18.5 Å². The lowest BCUT2D eigenvalue weighted by Gasteiger charge is -2.11. The molecular formula is C10H16N4OS. The summed E-state index contributed by atoms with van der Waals surface area (Å²) in [4.78, 5) is 9.59. The van der Waals surface area contributed by atoms with Gasteiger partial charge in [-0.3, -0.25) is 10.3 Å². The molecule has 0 radical (unpaired) electrons. The Kier molecular flexibility index (Phi) is 3.20. The van der Waals surface area contributed by atoms with Gasteiger partial charge < -0.3 is 0 Å². The van der Waals surface area contributed by atoms with Crippen LogP contribution in [0.4, 0.5) is 0 Å². The minimum Gasteiger partial charge on any atom is -0.265 e. The molecule has 6 heteroatoms. The summed E-state index contributed by atoms with van der Waals surface area (Å²) in [7, 11) is 0. The van der Waals surface area contributed by atoms with Crippen LogP contribution in [-0.2, 0) is 17.1 Å². The lowest BCUT2D eigenvalue weighted by atomic mass is 10.1. The van der Waals surface area contributed by atoms with Crippen molar-refractivity contribution in [1.29, 1.82) is 0 Å². The maximum absolute atomic E-state index is 5.37. The van der Waals surface area contributed by atoms with Crippen molar-refractivity contribution in [3.63, 3.8) is 0 Å². The first kappa shape index (κ1) is 11.5. The Morgan fingerprint density at radius 3 is 3.00 bits per heavy atom. The molecule has 0 spiro atoms. The number of rotatable bonds is 4. The van der Waals surface area contributed by atoms with Crippen molar-refractivity contribution in [2.75, 3.05) is 0 Å². The fourth-order valence-electron chi connectivity index (χ4n) is 1.43. The number of thioether (sulfide) groups is 1. The van der Waals surface area contributed by atoms with Crippen LogP contribution in [0.3, 0.4) is 0 Å². The third kappa shape index (κ3) is 2.56. The van der Waals surface area contributed by atoms with E-state index in [2.05, 4.69) is 28.6 Å². The monoisotopic (exact) mass is 240 g/mol. The maximum Gasteiger partial charge on any atom is 0.138 e. The average Bonchev–Trinajstić information content (AvgIpc) is 2.81. The number of hydroxylamine groups is 1. The third-order valence-electron chi connectivity index (χ3n) is 2.25. The highest BCUT2D eigenvalue weighted by atomic mass is 32.2. The minimum absolute atomic E-state index is 0.221. The van der Waals surface area contributed by atoms with Crippen molar-refractivity contribution in [2.45, 2.75) is 38.7 Å². The van der Waals surface area contributed by atoms with Crippen LogP contribution in [0, 0.1) is 0 Å². The molecule has 1 aliphatic heterocycles. The van der Waals surface area contributed by atoms with Gasteiger partial charge in [-0.05, 0) is 26.8 Å². The van der Waals surface area contributed by atoms with Gasteiger partial charge in [-0.1, -0.05) is 11.8 Å². The van der Waals surface area contributed by atoms with Crippen LogP contribution in [0.1, 0.15) is 26.6 Å². The van der Waals surface area contributed by atoms with Gasteiger partial charge in [0.05, 0.1) is 10.8 Å². The van der Waals surface area contributed by atoms with Crippen LogP contribution in [0.2, 0.25) is 0 Å². The van der Waals surface area contributed by atoms with Crippen LogP contribution >= 0.6 is 11.8 Å². The van der Waals surface area contributed by atoms with Crippen LogP contribution in [0.5, 0.6) is 0 Å². The highest BCUT2D eigenvalue weighted by Gasteiger charge is 2.24. The number of aryl methyl sites for hydroxylation is 1. The molecule has 5 nitrogen and oxygen atoms in total. The zero-order valence-electron chi connectivity index (χ0n) is 9.73.